The molecule has 0 aromatic carbocycles. The van der Waals surface area contributed by atoms with E-state index in [0.717, 1.165) is 25.9 Å². The topological polar surface area (TPSA) is 61.4 Å². The third-order valence-corrected chi connectivity index (χ3v) is 3.98. The van der Waals surface area contributed by atoms with E-state index in [2.05, 4.69) is 24.1 Å². The highest BCUT2D eigenvalue weighted by Crippen LogP contribution is 2.20. The van der Waals surface area contributed by atoms with Gasteiger partial charge in [-0.2, -0.15) is 0 Å². The summed E-state index contributed by atoms with van der Waals surface area (Å²) in [6.45, 7) is 11.3. The number of carbonyl (C=O) groups is 2. The number of rotatable bonds is 6. The van der Waals surface area contributed by atoms with Crippen LogP contribution in [0.3, 0.4) is 0 Å². The molecule has 0 saturated carbocycles. The summed E-state index contributed by atoms with van der Waals surface area (Å²) in [4.78, 5) is 25.2. The second kappa shape index (κ2) is 8.04. The molecule has 0 aromatic rings. The lowest BCUT2D eigenvalue weighted by Crippen LogP contribution is -2.55. The van der Waals surface area contributed by atoms with Crippen LogP contribution in [-0.4, -0.2) is 48.4 Å². The molecule has 1 saturated heterocycles. The Balaban J connectivity index is 2.52. The van der Waals surface area contributed by atoms with Crippen molar-refractivity contribution < 1.29 is 9.59 Å². The quantitative estimate of drug-likeness (QED) is 0.712. The Kier molecular flexibility index (Phi) is 6.71. The number of nitrogens with one attached hydrogen (secondary N) is 2. The maximum absolute atomic E-state index is 11.9. The fraction of sp³-hybridized carbons (Fsp3) is 0.733. The van der Waals surface area contributed by atoms with Crippen LogP contribution in [0.15, 0.2) is 12.7 Å². The summed E-state index contributed by atoms with van der Waals surface area (Å²) >= 11 is 0. The van der Waals surface area contributed by atoms with Gasteiger partial charge in [0.25, 0.3) is 0 Å². The molecule has 2 amide bonds. The van der Waals surface area contributed by atoms with Gasteiger partial charge in [-0.15, -0.1) is 6.58 Å². The van der Waals surface area contributed by atoms with Crippen LogP contribution in [0.4, 0.5) is 0 Å². The lowest BCUT2D eigenvalue weighted by molar-refractivity contribution is -0.131. The zero-order valence-electron chi connectivity index (χ0n) is 12.8. The van der Waals surface area contributed by atoms with Gasteiger partial charge in [0.2, 0.25) is 11.8 Å². The summed E-state index contributed by atoms with van der Waals surface area (Å²) in [5.41, 5.74) is 0. The summed E-state index contributed by atoms with van der Waals surface area (Å²) < 4.78 is 0. The molecule has 5 heteroatoms. The summed E-state index contributed by atoms with van der Waals surface area (Å²) in [6, 6.07) is 0.0676. The Morgan fingerprint density at radius 3 is 2.75 bits per heavy atom. The number of piperidine rings is 1. The first kappa shape index (κ1) is 16.7. The molecular formula is C15H27N3O2. The number of hydrogen-bond donors (Lipinski definition) is 2. The Labute approximate surface area is 121 Å². The number of likely N-dealkylation sites (tertiary alicyclic amines) is 1. The van der Waals surface area contributed by atoms with Gasteiger partial charge in [0.1, 0.15) is 0 Å². The van der Waals surface area contributed by atoms with Crippen molar-refractivity contribution in [1.29, 1.82) is 0 Å². The highest BCUT2D eigenvalue weighted by atomic mass is 16.2. The molecule has 20 heavy (non-hydrogen) atoms. The van der Waals surface area contributed by atoms with E-state index in [-0.39, 0.29) is 17.9 Å². The van der Waals surface area contributed by atoms with Gasteiger partial charge >= 0.3 is 0 Å². The molecule has 1 rings (SSSR count). The molecule has 5 nitrogen and oxygen atoms in total. The number of carbonyl (C=O) groups excluding carboxylic acids is 2. The Hall–Kier alpha value is -1.36. The van der Waals surface area contributed by atoms with Crippen molar-refractivity contribution in [3.8, 4) is 0 Å². The second-order valence-electron chi connectivity index (χ2n) is 5.45. The Morgan fingerprint density at radius 1 is 1.50 bits per heavy atom. The molecule has 3 atom stereocenters. The van der Waals surface area contributed by atoms with Crippen LogP contribution in [0, 0.1) is 5.92 Å². The van der Waals surface area contributed by atoms with E-state index < -0.39 is 0 Å². The molecule has 114 valence electrons. The molecule has 0 radical (unpaired) electrons. The molecule has 1 fully saturated rings. The fourth-order valence-electron chi connectivity index (χ4n) is 2.67. The molecule has 1 aliphatic rings. The maximum atomic E-state index is 11.9. The van der Waals surface area contributed by atoms with Crippen molar-refractivity contribution in [1.82, 2.24) is 15.5 Å². The van der Waals surface area contributed by atoms with Crippen LogP contribution < -0.4 is 10.6 Å². The first-order chi connectivity index (χ1) is 9.49. The Morgan fingerprint density at radius 2 is 2.20 bits per heavy atom. The molecule has 1 aliphatic heterocycles. The number of nitrogens with zero attached hydrogens (tertiary/aromatic N) is 1. The standard InChI is InChI=1S/C15H27N3O2/c1-5-8-16-15(20)11(3)17-14-7-9-18(12(4)19)10-13(14)6-2/h5,11,13-14,17H,1,6-10H2,2-4H3,(H,16,20)/t11-,13+,14+/m0/s1. The predicted molar refractivity (Wildman–Crippen MR) is 80.2 cm³/mol. The second-order valence-corrected chi connectivity index (χ2v) is 5.45. The minimum absolute atomic E-state index is 0.00579. The zero-order valence-corrected chi connectivity index (χ0v) is 12.8. The van der Waals surface area contributed by atoms with Crippen LogP contribution in [0.1, 0.15) is 33.6 Å². The van der Waals surface area contributed by atoms with Gasteiger partial charge in [0.15, 0.2) is 0 Å². The monoisotopic (exact) mass is 281 g/mol. The van der Waals surface area contributed by atoms with Gasteiger partial charge in [-0.05, 0) is 19.3 Å². The molecule has 0 spiro atoms. The molecule has 2 N–H and O–H groups in total. The third-order valence-electron chi connectivity index (χ3n) is 3.98. The van der Waals surface area contributed by atoms with Gasteiger partial charge < -0.3 is 15.5 Å². The van der Waals surface area contributed by atoms with Crippen molar-refractivity contribution in [2.24, 2.45) is 5.92 Å². The van der Waals surface area contributed by atoms with Crippen molar-refractivity contribution in [2.75, 3.05) is 19.6 Å². The van der Waals surface area contributed by atoms with E-state index in [1.165, 1.54) is 0 Å². The highest BCUT2D eigenvalue weighted by Gasteiger charge is 2.30. The lowest BCUT2D eigenvalue weighted by Gasteiger charge is -2.39. The van der Waals surface area contributed by atoms with Gasteiger partial charge in [0.05, 0.1) is 6.04 Å². The molecule has 0 unspecified atom stereocenters. The van der Waals surface area contributed by atoms with Crippen LogP contribution in [-0.2, 0) is 9.59 Å². The summed E-state index contributed by atoms with van der Waals surface area (Å²) in [5.74, 6) is 0.537. The molecule has 0 aromatic heterocycles. The minimum Gasteiger partial charge on any atom is -0.351 e. The van der Waals surface area contributed by atoms with E-state index >= 15 is 0 Å². The summed E-state index contributed by atoms with van der Waals surface area (Å²) in [5, 5.41) is 6.20. The first-order valence-corrected chi connectivity index (χ1v) is 7.39. The molecule has 0 bridgehead atoms. The van der Waals surface area contributed by atoms with E-state index in [1.807, 2.05) is 11.8 Å². The van der Waals surface area contributed by atoms with Crippen molar-refractivity contribution in [3.63, 3.8) is 0 Å². The average Bonchev–Trinajstić information content (AvgIpc) is 2.44. The van der Waals surface area contributed by atoms with E-state index in [1.54, 1.807) is 13.0 Å². The smallest absolute Gasteiger partial charge is 0.237 e. The van der Waals surface area contributed by atoms with Crippen LogP contribution in [0.5, 0.6) is 0 Å². The molecule has 1 heterocycles. The SMILES string of the molecule is C=CCNC(=O)[C@H](C)N[C@@H]1CCN(C(C)=O)C[C@H]1CC. The van der Waals surface area contributed by atoms with E-state index in [9.17, 15) is 9.59 Å². The van der Waals surface area contributed by atoms with Gasteiger partial charge in [-0.1, -0.05) is 19.4 Å². The van der Waals surface area contributed by atoms with Crippen molar-refractivity contribution in [2.45, 2.75) is 45.7 Å². The average molecular weight is 281 g/mol. The zero-order chi connectivity index (χ0) is 15.1. The first-order valence-electron chi connectivity index (χ1n) is 7.39. The fourth-order valence-corrected chi connectivity index (χ4v) is 2.67. The predicted octanol–water partition coefficient (Wildman–Crippen LogP) is 0.914. The highest BCUT2D eigenvalue weighted by molar-refractivity contribution is 5.81. The summed E-state index contributed by atoms with van der Waals surface area (Å²) in [6.07, 6.45) is 3.57. The van der Waals surface area contributed by atoms with E-state index in [4.69, 9.17) is 0 Å². The normalized spacial score (nSPS) is 24.1. The van der Waals surface area contributed by atoms with Crippen LogP contribution in [0.25, 0.3) is 0 Å². The lowest BCUT2D eigenvalue weighted by atomic mass is 9.89. The maximum Gasteiger partial charge on any atom is 0.237 e. The number of amides is 2. The molecule has 0 aliphatic carbocycles. The van der Waals surface area contributed by atoms with Gasteiger partial charge in [0, 0.05) is 32.6 Å². The van der Waals surface area contributed by atoms with Gasteiger partial charge in [-0.3, -0.25) is 9.59 Å². The van der Waals surface area contributed by atoms with Crippen LogP contribution >= 0.6 is 0 Å². The van der Waals surface area contributed by atoms with Crippen molar-refractivity contribution >= 4 is 11.8 Å². The summed E-state index contributed by atoms with van der Waals surface area (Å²) in [7, 11) is 0. The number of hydrogen-bond acceptors (Lipinski definition) is 3. The van der Waals surface area contributed by atoms with Crippen molar-refractivity contribution in [3.05, 3.63) is 12.7 Å². The van der Waals surface area contributed by atoms with E-state index in [0.29, 0.717) is 18.5 Å². The van der Waals surface area contributed by atoms with Gasteiger partial charge in [-0.25, -0.2) is 0 Å². The Bertz CT molecular complexity index is 357. The third kappa shape index (κ3) is 4.63. The van der Waals surface area contributed by atoms with Crippen LogP contribution in [0.2, 0.25) is 0 Å². The molecular weight excluding hydrogens is 254 g/mol. The minimum atomic E-state index is -0.224. The largest absolute Gasteiger partial charge is 0.351 e.